The van der Waals surface area contributed by atoms with Gasteiger partial charge in [-0.05, 0) is 13.1 Å². The van der Waals surface area contributed by atoms with E-state index in [1.807, 2.05) is 0 Å². The van der Waals surface area contributed by atoms with Crippen LogP contribution in [-0.2, 0) is 19.1 Å². The molecule has 1 N–H and O–H groups in total. The molecule has 0 saturated carbocycles. The van der Waals surface area contributed by atoms with Gasteiger partial charge in [-0.3, -0.25) is 0 Å². The van der Waals surface area contributed by atoms with Crippen LogP contribution in [-0.4, -0.2) is 18.3 Å². The van der Waals surface area contributed by atoms with Gasteiger partial charge in [-0.2, -0.15) is 0 Å². The number of hydrogen-bond acceptors (Lipinski definition) is 4. The van der Waals surface area contributed by atoms with Crippen LogP contribution in [0.4, 0.5) is 0 Å². The van der Waals surface area contributed by atoms with Crippen LogP contribution in [0.1, 0.15) is 12.8 Å². The third kappa shape index (κ3) is 3.80. The van der Waals surface area contributed by atoms with Crippen molar-refractivity contribution < 1.29 is 59.8 Å². The minimum atomic E-state index is -1.84. The quantitative estimate of drug-likeness (QED) is 0.353. The Kier molecular flexibility index (Phi) is 7.05. The van der Waals surface area contributed by atoms with E-state index in [2.05, 4.69) is 5.32 Å². The Hall–Kier alpha value is 1.55. The van der Waals surface area contributed by atoms with Crippen molar-refractivity contribution in [2.75, 3.05) is 13.1 Å². The van der Waals surface area contributed by atoms with Crippen molar-refractivity contribution in [2.24, 2.45) is 0 Å². The minimum Gasteiger partial charge on any atom is -0.424 e. The molecule has 0 atom stereocenters. The van der Waals surface area contributed by atoms with E-state index in [1.165, 1.54) is 0 Å². The summed E-state index contributed by atoms with van der Waals surface area (Å²) in [6, 6.07) is 0. The molecule has 0 unspecified atom stereocenters. The molecule has 1 heterocycles. The van der Waals surface area contributed by atoms with Crippen LogP contribution in [0, 0.1) is 0 Å². The molecule has 1 fully saturated rings. The summed E-state index contributed by atoms with van der Waals surface area (Å²) in [5.41, 5.74) is 0. The van der Waals surface area contributed by atoms with Crippen LogP contribution >= 0.6 is 0 Å². The normalized spacial score (nSPS) is 20.5. The number of nitrogens with one attached hydrogen (secondary N) is 1. The van der Waals surface area contributed by atoms with Crippen LogP contribution < -0.4 is 56.7 Å². The van der Waals surface area contributed by atoms with E-state index in [9.17, 15) is 8.42 Å². The average molecular weight is 187 g/mol. The van der Waals surface area contributed by atoms with Gasteiger partial charge in [-0.25, -0.2) is 0 Å². The number of hydrogen-bond donors (Lipinski definition) is 1. The summed E-state index contributed by atoms with van der Waals surface area (Å²) in [6.45, 7) is 1.69. The summed E-state index contributed by atoms with van der Waals surface area (Å²) in [7, 11) is -1.84. The van der Waals surface area contributed by atoms with Crippen LogP contribution in [0.3, 0.4) is 0 Å². The molecule has 0 aromatic carbocycles. The third-order valence-corrected chi connectivity index (χ3v) is 2.57. The van der Waals surface area contributed by atoms with E-state index in [0.717, 1.165) is 25.9 Å². The molecule has 3 nitrogen and oxygen atoms in total. The third-order valence-electron chi connectivity index (χ3n) is 1.56. The summed E-state index contributed by atoms with van der Waals surface area (Å²) in [4.78, 5) is 0. The number of piperidine rings is 1. The fourth-order valence-corrected chi connectivity index (χ4v) is 1.61. The second-order valence-corrected chi connectivity index (χ2v) is 3.40. The molecule has 0 aromatic rings. The largest absolute Gasteiger partial charge is 1.00 e. The molecule has 0 aromatic heterocycles. The predicted octanol–water partition coefficient (Wildman–Crippen LogP) is -2.95. The maximum Gasteiger partial charge on any atom is 1.00 e. The Bertz CT molecular complexity index is 146. The van der Waals surface area contributed by atoms with Gasteiger partial charge in [0.05, 0.1) is 0 Å². The minimum absolute atomic E-state index is 0. The molecular weight excluding hydrogens is 177 g/mol. The first-order valence-electron chi connectivity index (χ1n) is 3.09. The van der Waals surface area contributed by atoms with Gasteiger partial charge >= 0.3 is 51.4 Å². The first-order chi connectivity index (χ1) is 4.30. The van der Waals surface area contributed by atoms with Crippen molar-refractivity contribution in [3.05, 3.63) is 0 Å². The molecule has 1 aliphatic rings. The summed E-state index contributed by atoms with van der Waals surface area (Å²) in [5, 5.41) is 3.00. The van der Waals surface area contributed by atoms with Crippen LogP contribution in [0.2, 0.25) is 0 Å². The molecule has 1 aliphatic heterocycles. The first kappa shape index (κ1) is 11.5. The van der Waals surface area contributed by atoms with Crippen LogP contribution in [0.25, 0.3) is 0 Å². The van der Waals surface area contributed by atoms with Crippen LogP contribution in [0.15, 0.2) is 0 Å². The SMILES string of the molecule is O=[S-](=O)C1CCNCC1.[K+]. The van der Waals surface area contributed by atoms with E-state index in [0.29, 0.717) is 0 Å². The summed E-state index contributed by atoms with van der Waals surface area (Å²) in [6.07, 6.45) is 1.55. The van der Waals surface area contributed by atoms with Gasteiger partial charge in [-0.15, -0.1) is 0 Å². The van der Waals surface area contributed by atoms with E-state index >= 15 is 0 Å². The van der Waals surface area contributed by atoms with Gasteiger partial charge in [0.15, 0.2) is 0 Å². The zero-order valence-electron chi connectivity index (χ0n) is 6.13. The standard InChI is InChI=1S/C5H10NO2S.K/c7-9(8)5-1-3-6-4-2-5;/h5-6H,1-4H2;/q-1;+1. The molecule has 54 valence electrons. The maximum absolute atomic E-state index is 10.3. The van der Waals surface area contributed by atoms with Crippen LogP contribution in [0.5, 0.6) is 0 Å². The molecule has 0 bridgehead atoms. The fraction of sp³-hybridized carbons (Fsp3) is 1.00. The molecular formula is C5H10KNO2S. The zero-order valence-corrected chi connectivity index (χ0v) is 10.1. The zero-order chi connectivity index (χ0) is 6.69. The summed E-state index contributed by atoms with van der Waals surface area (Å²) < 4.78 is 20.7. The fourth-order valence-electron chi connectivity index (χ4n) is 0.988. The molecule has 0 radical (unpaired) electrons. The van der Waals surface area contributed by atoms with Gasteiger partial charge in [0, 0.05) is 0 Å². The van der Waals surface area contributed by atoms with Crippen molar-refractivity contribution in [3.8, 4) is 0 Å². The smallest absolute Gasteiger partial charge is 0.424 e. The van der Waals surface area contributed by atoms with E-state index in [-0.39, 0.29) is 56.6 Å². The summed E-state index contributed by atoms with van der Waals surface area (Å²) >= 11 is 0. The van der Waals surface area contributed by atoms with E-state index in [4.69, 9.17) is 0 Å². The Labute approximate surface area is 105 Å². The van der Waals surface area contributed by atoms with Gasteiger partial charge < -0.3 is 13.7 Å². The van der Waals surface area contributed by atoms with Crippen molar-refractivity contribution in [1.82, 2.24) is 5.32 Å². The Morgan fingerprint density at radius 2 is 1.70 bits per heavy atom. The first-order valence-corrected chi connectivity index (χ1v) is 4.23. The van der Waals surface area contributed by atoms with Gasteiger partial charge in [0.2, 0.25) is 0 Å². The average Bonchev–Trinajstić information content (AvgIpc) is 1.90. The molecule has 5 heteroatoms. The van der Waals surface area contributed by atoms with Gasteiger partial charge in [0.25, 0.3) is 0 Å². The van der Waals surface area contributed by atoms with Crippen molar-refractivity contribution in [3.63, 3.8) is 0 Å². The van der Waals surface area contributed by atoms with Gasteiger partial charge in [-0.1, -0.05) is 28.8 Å². The maximum atomic E-state index is 10.3. The van der Waals surface area contributed by atoms with Crippen molar-refractivity contribution in [2.45, 2.75) is 18.1 Å². The molecule has 0 spiro atoms. The molecule has 1 rings (SSSR count). The number of rotatable bonds is 1. The summed E-state index contributed by atoms with van der Waals surface area (Å²) in [5.74, 6) is 0. The van der Waals surface area contributed by atoms with E-state index in [1.54, 1.807) is 0 Å². The predicted molar refractivity (Wildman–Crippen MR) is 34.6 cm³/mol. The molecule has 0 amide bonds. The second-order valence-electron chi connectivity index (χ2n) is 2.21. The Morgan fingerprint density at radius 1 is 1.20 bits per heavy atom. The Morgan fingerprint density at radius 3 is 2.00 bits per heavy atom. The molecule has 10 heavy (non-hydrogen) atoms. The van der Waals surface area contributed by atoms with Crippen molar-refractivity contribution >= 4 is 10.7 Å². The topological polar surface area (TPSA) is 46.2 Å². The molecule has 1 saturated heterocycles. The van der Waals surface area contributed by atoms with Crippen molar-refractivity contribution in [1.29, 1.82) is 0 Å². The second kappa shape index (κ2) is 6.11. The Balaban J connectivity index is 0.000000810. The van der Waals surface area contributed by atoms with E-state index < -0.39 is 10.7 Å². The van der Waals surface area contributed by atoms with Gasteiger partial charge in [0.1, 0.15) is 0 Å². The molecule has 0 aliphatic carbocycles. The monoisotopic (exact) mass is 187 g/mol.